The molecule has 0 amide bonds. The summed E-state index contributed by atoms with van der Waals surface area (Å²) in [6.45, 7) is -0.124. The van der Waals surface area contributed by atoms with Gasteiger partial charge >= 0.3 is 0 Å². The third kappa shape index (κ3) is 2.83. The fourth-order valence-corrected chi connectivity index (χ4v) is 1.48. The van der Waals surface area contributed by atoms with E-state index >= 15 is 0 Å². The Morgan fingerprint density at radius 1 is 0.889 bits per heavy atom. The Bertz CT molecular complexity index is 564. The molecule has 0 saturated heterocycles. The minimum absolute atomic E-state index is 0.124. The molecule has 92 valence electrons. The highest BCUT2D eigenvalue weighted by molar-refractivity contribution is 5.55. The van der Waals surface area contributed by atoms with Crippen LogP contribution in [0.1, 0.15) is 5.56 Å². The maximum Gasteiger partial charge on any atom is 0.0913 e. The predicted octanol–water partition coefficient (Wildman–Crippen LogP) is 2.76. The summed E-state index contributed by atoms with van der Waals surface area (Å²) >= 11 is 0. The molecule has 18 heavy (non-hydrogen) atoms. The molecule has 2 aromatic carbocycles. The lowest BCUT2D eigenvalue weighted by atomic mass is 10.2. The van der Waals surface area contributed by atoms with Crippen molar-refractivity contribution in [3.8, 4) is 0 Å². The third-order valence-corrected chi connectivity index (χ3v) is 2.44. The predicted molar refractivity (Wildman–Crippen MR) is 71.8 cm³/mol. The largest absolute Gasteiger partial charge is 0.399 e. The molecule has 5 heteroatoms. The van der Waals surface area contributed by atoms with Crippen molar-refractivity contribution in [3.63, 3.8) is 0 Å². The highest BCUT2D eigenvalue weighted by atomic mass is 16.3. The van der Waals surface area contributed by atoms with Crippen LogP contribution in [0.15, 0.2) is 52.7 Å². The molecule has 2 rings (SSSR count). The molecule has 0 radical (unpaired) electrons. The topological polar surface area (TPSA) is 97.0 Å². The number of nitrogens with zero attached hydrogens (tertiary/aromatic N) is 2. The van der Waals surface area contributed by atoms with Crippen LogP contribution in [0.3, 0.4) is 0 Å². The summed E-state index contributed by atoms with van der Waals surface area (Å²) in [5.41, 5.74) is 14.4. The Hall–Kier alpha value is -2.40. The molecule has 0 aliphatic carbocycles. The number of benzene rings is 2. The van der Waals surface area contributed by atoms with Crippen LogP contribution in [0.4, 0.5) is 22.7 Å². The molecule has 0 aliphatic heterocycles. The first kappa shape index (κ1) is 12.1. The molecular weight excluding hydrogens is 228 g/mol. The number of hydrogen-bond acceptors (Lipinski definition) is 5. The van der Waals surface area contributed by atoms with Gasteiger partial charge in [0.2, 0.25) is 0 Å². The van der Waals surface area contributed by atoms with Crippen LogP contribution < -0.4 is 11.5 Å². The molecule has 5 nitrogen and oxygen atoms in total. The maximum absolute atomic E-state index is 9.20. The fourth-order valence-electron chi connectivity index (χ4n) is 1.48. The summed E-state index contributed by atoms with van der Waals surface area (Å²) in [4.78, 5) is 0. The van der Waals surface area contributed by atoms with Gasteiger partial charge in [-0.15, -0.1) is 0 Å². The number of azo groups is 1. The third-order valence-electron chi connectivity index (χ3n) is 2.44. The average molecular weight is 242 g/mol. The van der Waals surface area contributed by atoms with Gasteiger partial charge in [-0.3, -0.25) is 0 Å². The Kier molecular flexibility index (Phi) is 3.54. The van der Waals surface area contributed by atoms with Gasteiger partial charge in [0.25, 0.3) is 0 Å². The van der Waals surface area contributed by atoms with E-state index in [1.165, 1.54) is 0 Å². The second-order valence-electron chi connectivity index (χ2n) is 3.84. The van der Waals surface area contributed by atoms with Crippen molar-refractivity contribution in [2.24, 2.45) is 10.2 Å². The molecule has 0 unspecified atom stereocenters. The minimum Gasteiger partial charge on any atom is -0.399 e. The van der Waals surface area contributed by atoms with E-state index in [2.05, 4.69) is 10.2 Å². The zero-order chi connectivity index (χ0) is 13.0. The monoisotopic (exact) mass is 242 g/mol. The van der Waals surface area contributed by atoms with E-state index in [9.17, 15) is 5.11 Å². The summed E-state index contributed by atoms with van der Waals surface area (Å²) in [6, 6.07) is 12.2. The molecular formula is C13H14N4O. The van der Waals surface area contributed by atoms with Crippen molar-refractivity contribution in [2.75, 3.05) is 11.5 Å². The second kappa shape index (κ2) is 5.29. The van der Waals surface area contributed by atoms with Crippen molar-refractivity contribution in [3.05, 3.63) is 48.0 Å². The summed E-state index contributed by atoms with van der Waals surface area (Å²) in [5.74, 6) is 0. The van der Waals surface area contributed by atoms with Gasteiger partial charge in [-0.05, 0) is 42.5 Å². The number of rotatable bonds is 3. The Morgan fingerprint density at radius 3 is 2.22 bits per heavy atom. The molecule has 0 heterocycles. The molecule has 2 aromatic rings. The van der Waals surface area contributed by atoms with Crippen LogP contribution in [-0.2, 0) is 6.61 Å². The number of aliphatic hydroxyl groups is 1. The molecule has 0 fully saturated rings. The quantitative estimate of drug-likeness (QED) is 0.570. The van der Waals surface area contributed by atoms with Crippen molar-refractivity contribution in [1.82, 2.24) is 0 Å². The standard InChI is InChI=1S/C13H14N4O/c14-10-1-4-12(5-2-10)16-17-13-6-3-11(15)7-9(13)8-18/h1-7,18H,8,14-15H2. The summed E-state index contributed by atoms with van der Waals surface area (Å²) in [5, 5.41) is 17.4. The summed E-state index contributed by atoms with van der Waals surface area (Å²) < 4.78 is 0. The summed E-state index contributed by atoms with van der Waals surface area (Å²) in [7, 11) is 0. The molecule has 0 aliphatic rings. The summed E-state index contributed by atoms with van der Waals surface area (Å²) in [6.07, 6.45) is 0. The van der Waals surface area contributed by atoms with E-state index in [0.29, 0.717) is 28.3 Å². The first-order chi connectivity index (χ1) is 8.69. The SMILES string of the molecule is Nc1ccc(N=Nc2ccc(N)cc2CO)cc1. The van der Waals surface area contributed by atoms with Crippen molar-refractivity contribution >= 4 is 22.7 Å². The number of nitrogen functional groups attached to an aromatic ring is 2. The van der Waals surface area contributed by atoms with Crippen LogP contribution in [-0.4, -0.2) is 5.11 Å². The van der Waals surface area contributed by atoms with Crippen molar-refractivity contribution in [1.29, 1.82) is 0 Å². The zero-order valence-electron chi connectivity index (χ0n) is 9.74. The number of hydrogen-bond donors (Lipinski definition) is 3. The lowest BCUT2D eigenvalue weighted by Crippen LogP contribution is -1.89. The Balaban J connectivity index is 2.25. The average Bonchev–Trinajstić information content (AvgIpc) is 2.39. The van der Waals surface area contributed by atoms with Gasteiger partial charge in [0, 0.05) is 16.9 Å². The number of anilines is 2. The Labute approximate surface area is 105 Å². The van der Waals surface area contributed by atoms with Crippen LogP contribution >= 0.6 is 0 Å². The van der Waals surface area contributed by atoms with Crippen LogP contribution in [0.25, 0.3) is 0 Å². The van der Waals surface area contributed by atoms with Gasteiger partial charge in [0.15, 0.2) is 0 Å². The lowest BCUT2D eigenvalue weighted by Gasteiger charge is -2.02. The van der Waals surface area contributed by atoms with Crippen molar-refractivity contribution < 1.29 is 5.11 Å². The van der Waals surface area contributed by atoms with Gasteiger partial charge in [0.05, 0.1) is 18.0 Å². The highest BCUT2D eigenvalue weighted by Gasteiger charge is 2.00. The van der Waals surface area contributed by atoms with E-state index in [-0.39, 0.29) is 6.61 Å². The van der Waals surface area contributed by atoms with E-state index in [1.54, 1.807) is 42.5 Å². The van der Waals surface area contributed by atoms with Gasteiger partial charge < -0.3 is 16.6 Å². The molecule has 0 bridgehead atoms. The van der Waals surface area contributed by atoms with Gasteiger partial charge in [0.1, 0.15) is 0 Å². The Morgan fingerprint density at radius 2 is 1.56 bits per heavy atom. The molecule has 0 aromatic heterocycles. The van der Waals surface area contributed by atoms with Gasteiger partial charge in [-0.1, -0.05) is 0 Å². The first-order valence-corrected chi connectivity index (χ1v) is 5.45. The molecule has 5 N–H and O–H groups in total. The van der Waals surface area contributed by atoms with E-state index < -0.39 is 0 Å². The van der Waals surface area contributed by atoms with Gasteiger partial charge in [-0.25, -0.2) is 0 Å². The number of nitrogens with two attached hydrogens (primary N) is 2. The van der Waals surface area contributed by atoms with Gasteiger partial charge in [-0.2, -0.15) is 10.2 Å². The zero-order valence-corrected chi connectivity index (χ0v) is 9.74. The van der Waals surface area contributed by atoms with E-state index in [4.69, 9.17) is 11.5 Å². The second-order valence-corrected chi connectivity index (χ2v) is 3.84. The minimum atomic E-state index is -0.124. The van der Waals surface area contributed by atoms with Crippen LogP contribution in [0, 0.1) is 0 Å². The first-order valence-electron chi connectivity index (χ1n) is 5.45. The van der Waals surface area contributed by atoms with E-state index in [1.807, 2.05) is 0 Å². The molecule has 0 saturated carbocycles. The van der Waals surface area contributed by atoms with Crippen molar-refractivity contribution in [2.45, 2.75) is 6.61 Å². The smallest absolute Gasteiger partial charge is 0.0913 e. The lowest BCUT2D eigenvalue weighted by molar-refractivity contribution is 0.282. The van der Waals surface area contributed by atoms with Crippen LogP contribution in [0.5, 0.6) is 0 Å². The maximum atomic E-state index is 9.20. The highest BCUT2D eigenvalue weighted by Crippen LogP contribution is 2.24. The molecule has 0 spiro atoms. The fraction of sp³-hybridized carbons (Fsp3) is 0.0769. The molecule has 0 atom stereocenters. The van der Waals surface area contributed by atoms with E-state index in [0.717, 1.165) is 0 Å². The normalized spacial score (nSPS) is 10.9. The number of aliphatic hydroxyl groups excluding tert-OH is 1. The van der Waals surface area contributed by atoms with Crippen LogP contribution in [0.2, 0.25) is 0 Å².